The first-order valence-corrected chi connectivity index (χ1v) is 6.92. The van der Waals surface area contributed by atoms with E-state index in [4.69, 9.17) is 13.9 Å². The third-order valence-electron chi connectivity index (χ3n) is 2.98. The van der Waals surface area contributed by atoms with Gasteiger partial charge in [0.1, 0.15) is 11.5 Å². The fourth-order valence-electron chi connectivity index (χ4n) is 2.00. The van der Waals surface area contributed by atoms with Crippen molar-refractivity contribution in [2.45, 2.75) is 26.8 Å². The minimum absolute atomic E-state index is 0.129. The molecular formula is C16H21NO3. The molecule has 108 valence electrons. The molecule has 4 nitrogen and oxygen atoms in total. The van der Waals surface area contributed by atoms with Crippen LogP contribution in [0.2, 0.25) is 0 Å². The number of nitrogens with one attached hydrogen (secondary N) is 1. The van der Waals surface area contributed by atoms with Crippen molar-refractivity contribution in [3.8, 4) is 11.5 Å². The zero-order valence-corrected chi connectivity index (χ0v) is 12.2. The van der Waals surface area contributed by atoms with Crippen LogP contribution in [0.3, 0.4) is 0 Å². The Balaban J connectivity index is 2.20. The highest BCUT2D eigenvalue weighted by Gasteiger charge is 2.11. The number of hydrogen-bond acceptors (Lipinski definition) is 4. The van der Waals surface area contributed by atoms with E-state index in [0.29, 0.717) is 13.2 Å². The number of rotatable bonds is 7. The Labute approximate surface area is 119 Å². The van der Waals surface area contributed by atoms with E-state index in [-0.39, 0.29) is 6.04 Å². The molecule has 1 unspecified atom stereocenters. The monoisotopic (exact) mass is 275 g/mol. The lowest BCUT2D eigenvalue weighted by atomic mass is 10.1. The molecule has 0 saturated heterocycles. The highest BCUT2D eigenvalue weighted by atomic mass is 16.5. The summed E-state index contributed by atoms with van der Waals surface area (Å²) < 4.78 is 16.3. The summed E-state index contributed by atoms with van der Waals surface area (Å²) in [6.07, 6.45) is 3.41. The van der Waals surface area contributed by atoms with E-state index in [1.54, 1.807) is 12.5 Å². The maximum Gasteiger partial charge on any atom is 0.142 e. The molecule has 0 fully saturated rings. The Kier molecular flexibility index (Phi) is 4.93. The van der Waals surface area contributed by atoms with Gasteiger partial charge < -0.3 is 19.2 Å². The van der Waals surface area contributed by atoms with Gasteiger partial charge in [-0.25, -0.2) is 0 Å². The summed E-state index contributed by atoms with van der Waals surface area (Å²) in [5, 5.41) is 3.43. The number of anilines is 1. The zero-order chi connectivity index (χ0) is 14.4. The van der Waals surface area contributed by atoms with E-state index in [1.165, 1.54) is 0 Å². The van der Waals surface area contributed by atoms with Gasteiger partial charge in [0.15, 0.2) is 0 Å². The molecule has 0 amide bonds. The smallest absolute Gasteiger partial charge is 0.142 e. The van der Waals surface area contributed by atoms with Crippen molar-refractivity contribution in [2.24, 2.45) is 0 Å². The van der Waals surface area contributed by atoms with E-state index >= 15 is 0 Å². The Bertz CT molecular complexity index is 523. The molecule has 1 N–H and O–H groups in total. The average molecular weight is 275 g/mol. The molecule has 20 heavy (non-hydrogen) atoms. The molecule has 0 spiro atoms. The Morgan fingerprint density at radius 1 is 1.15 bits per heavy atom. The van der Waals surface area contributed by atoms with Gasteiger partial charge in [-0.05, 0) is 39.0 Å². The first kappa shape index (κ1) is 14.3. The van der Waals surface area contributed by atoms with Crippen LogP contribution in [-0.4, -0.2) is 13.2 Å². The van der Waals surface area contributed by atoms with Crippen molar-refractivity contribution < 1.29 is 13.9 Å². The fourth-order valence-corrected chi connectivity index (χ4v) is 2.00. The van der Waals surface area contributed by atoms with Gasteiger partial charge in [0.05, 0.1) is 37.5 Å². The van der Waals surface area contributed by atoms with Crippen molar-refractivity contribution in [1.82, 2.24) is 0 Å². The molecule has 1 atom stereocenters. The molecule has 4 heteroatoms. The number of furan rings is 1. The Morgan fingerprint density at radius 2 is 1.95 bits per heavy atom. The molecular weight excluding hydrogens is 254 g/mol. The van der Waals surface area contributed by atoms with Crippen molar-refractivity contribution in [3.63, 3.8) is 0 Å². The lowest BCUT2D eigenvalue weighted by Crippen LogP contribution is -2.08. The Morgan fingerprint density at radius 3 is 2.60 bits per heavy atom. The van der Waals surface area contributed by atoms with Crippen molar-refractivity contribution in [3.05, 3.63) is 42.4 Å². The minimum Gasteiger partial charge on any atom is -0.494 e. The third-order valence-corrected chi connectivity index (χ3v) is 2.98. The Hall–Kier alpha value is -2.10. The quantitative estimate of drug-likeness (QED) is 0.820. The van der Waals surface area contributed by atoms with E-state index in [1.807, 2.05) is 38.1 Å². The third kappa shape index (κ3) is 3.47. The standard InChI is InChI=1S/C16H21NO3/c1-4-19-14-6-7-16(20-5-2)15(10-14)17-12(3)13-8-9-18-11-13/h6-12,17H,4-5H2,1-3H3. The topological polar surface area (TPSA) is 43.6 Å². The molecule has 2 aromatic rings. The van der Waals surface area contributed by atoms with Crippen LogP contribution < -0.4 is 14.8 Å². The predicted octanol–water partition coefficient (Wildman–Crippen LogP) is 4.25. The lowest BCUT2D eigenvalue weighted by molar-refractivity contribution is 0.331. The van der Waals surface area contributed by atoms with Crippen LogP contribution in [0.25, 0.3) is 0 Å². The van der Waals surface area contributed by atoms with Crippen LogP contribution in [-0.2, 0) is 0 Å². The lowest BCUT2D eigenvalue weighted by Gasteiger charge is -2.18. The van der Waals surface area contributed by atoms with Crippen LogP contribution in [0, 0.1) is 0 Å². The molecule has 1 aromatic heterocycles. The summed E-state index contributed by atoms with van der Waals surface area (Å²) >= 11 is 0. The van der Waals surface area contributed by atoms with Gasteiger partial charge in [0.2, 0.25) is 0 Å². The number of ether oxygens (including phenoxy) is 2. The van der Waals surface area contributed by atoms with Gasteiger partial charge in [-0.3, -0.25) is 0 Å². The van der Waals surface area contributed by atoms with E-state index < -0.39 is 0 Å². The van der Waals surface area contributed by atoms with Crippen LogP contribution in [0.4, 0.5) is 5.69 Å². The van der Waals surface area contributed by atoms with E-state index in [0.717, 1.165) is 22.7 Å². The molecule has 1 aromatic carbocycles. The van der Waals surface area contributed by atoms with Gasteiger partial charge in [0, 0.05) is 11.6 Å². The zero-order valence-electron chi connectivity index (χ0n) is 12.2. The second kappa shape index (κ2) is 6.89. The number of hydrogen-bond donors (Lipinski definition) is 1. The molecule has 0 bridgehead atoms. The first-order valence-electron chi connectivity index (χ1n) is 6.92. The van der Waals surface area contributed by atoms with Crippen LogP contribution in [0.5, 0.6) is 11.5 Å². The largest absolute Gasteiger partial charge is 0.494 e. The summed E-state index contributed by atoms with van der Waals surface area (Å²) in [5.41, 5.74) is 2.01. The summed E-state index contributed by atoms with van der Waals surface area (Å²) in [6, 6.07) is 7.89. The van der Waals surface area contributed by atoms with Gasteiger partial charge >= 0.3 is 0 Å². The second-order valence-electron chi connectivity index (χ2n) is 4.45. The summed E-state index contributed by atoms with van der Waals surface area (Å²) in [7, 11) is 0. The van der Waals surface area contributed by atoms with Crippen molar-refractivity contribution in [1.29, 1.82) is 0 Å². The fraction of sp³-hybridized carbons (Fsp3) is 0.375. The summed E-state index contributed by atoms with van der Waals surface area (Å²) in [4.78, 5) is 0. The van der Waals surface area contributed by atoms with E-state index in [2.05, 4.69) is 12.2 Å². The molecule has 1 heterocycles. The molecule has 2 rings (SSSR count). The molecule has 0 aliphatic heterocycles. The minimum atomic E-state index is 0.129. The highest BCUT2D eigenvalue weighted by molar-refractivity contribution is 5.60. The van der Waals surface area contributed by atoms with Crippen LogP contribution >= 0.6 is 0 Å². The van der Waals surface area contributed by atoms with Crippen LogP contribution in [0.15, 0.2) is 41.2 Å². The summed E-state index contributed by atoms with van der Waals surface area (Å²) in [5.74, 6) is 1.66. The molecule has 0 aliphatic carbocycles. The highest BCUT2D eigenvalue weighted by Crippen LogP contribution is 2.32. The maximum atomic E-state index is 5.65. The van der Waals surface area contributed by atoms with Gasteiger partial charge in [-0.2, -0.15) is 0 Å². The SMILES string of the molecule is CCOc1ccc(OCC)c(NC(C)c2ccoc2)c1. The van der Waals surface area contributed by atoms with Gasteiger partial charge in [-0.1, -0.05) is 0 Å². The summed E-state index contributed by atoms with van der Waals surface area (Å²) in [6.45, 7) is 7.29. The number of benzene rings is 1. The van der Waals surface area contributed by atoms with Crippen LogP contribution in [0.1, 0.15) is 32.4 Å². The van der Waals surface area contributed by atoms with Crippen molar-refractivity contribution in [2.75, 3.05) is 18.5 Å². The average Bonchev–Trinajstić information content (AvgIpc) is 2.96. The van der Waals surface area contributed by atoms with Crippen molar-refractivity contribution >= 4 is 5.69 Å². The maximum absolute atomic E-state index is 5.65. The molecule has 0 saturated carbocycles. The van der Waals surface area contributed by atoms with E-state index in [9.17, 15) is 0 Å². The second-order valence-corrected chi connectivity index (χ2v) is 4.45. The van der Waals surface area contributed by atoms with Gasteiger partial charge in [-0.15, -0.1) is 0 Å². The normalized spacial score (nSPS) is 11.9. The first-order chi connectivity index (χ1) is 9.74. The predicted molar refractivity (Wildman–Crippen MR) is 79.5 cm³/mol. The molecule has 0 aliphatic rings. The van der Waals surface area contributed by atoms with Gasteiger partial charge in [0.25, 0.3) is 0 Å². The molecule has 0 radical (unpaired) electrons.